The highest BCUT2D eigenvalue weighted by Gasteiger charge is 2.15. The van der Waals surface area contributed by atoms with Crippen molar-refractivity contribution < 1.29 is 13.5 Å². The molecule has 0 amide bonds. The maximum atomic E-state index is 11.0. The highest BCUT2D eigenvalue weighted by Crippen LogP contribution is 2.20. The summed E-state index contributed by atoms with van der Waals surface area (Å²) >= 11 is 0. The van der Waals surface area contributed by atoms with Crippen molar-refractivity contribution in [3.05, 3.63) is 35.4 Å². The SMILES string of the molecule is CC(C)(O)c1ccc(CS(C)(=O)=O)cc1. The zero-order chi connectivity index (χ0) is 11.7. The second-order valence-corrected chi connectivity index (χ2v) is 6.47. The van der Waals surface area contributed by atoms with E-state index in [0.29, 0.717) is 0 Å². The minimum absolute atomic E-state index is 0.0408. The fourth-order valence-corrected chi connectivity index (χ4v) is 2.11. The Kier molecular flexibility index (Phi) is 3.21. The van der Waals surface area contributed by atoms with Gasteiger partial charge in [-0.05, 0) is 25.0 Å². The fraction of sp³-hybridized carbons (Fsp3) is 0.455. The smallest absolute Gasteiger partial charge is 0.151 e. The first-order chi connectivity index (χ1) is 6.68. The maximum Gasteiger partial charge on any atom is 0.151 e. The van der Waals surface area contributed by atoms with Crippen molar-refractivity contribution >= 4 is 9.84 Å². The molecule has 3 nitrogen and oxygen atoms in total. The Labute approximate surface area is 90.7 Å². The van der Waals surface area contributed by atoms with Crippen LogP contribution in [0.25, 0.3) is 0 Å². The van der Waals surface area contributed by atoms with Gasteiger partial charge in [0.2, 0.25) is 0 Å². The van der Waals surface area contributed by atoms with E-state index in [-0.39, 0.29) is 5.75 Å². The van der Waals surface area contributed by atoms with Crippen molar-refractivity contribution in [2.24, 2.45) is 0 Å². The quantitative estimate of drug-likeness (QED) is 0.852. The third-order valence-corrected chi connectivity index (χ3v) is 2.95. The lowest BCUT2D eigenvalue weighted by Crippen LogP contribution is -2.15. The van der Waals surface area contributed by atoms with Gasteiger partial charge in [0.25, 0.3) is 0 Å². The standard InChI is InChI=1S/C11H16O3S/c1-11(2,12)10-6-4-9(5-7-10)8-15(3,13)14/h4-7,12H,8H2,1-3H3. The van der Waals surface area contributed by atoms with Gasteiger partial charge in [-0.15, -0.1) is 0 Å². The second-order valence-electron chi connectivity index (χ2n) is 4.33. The zero-order valence-corrected chi connectivity index (χ0v) is 10.0. The third-order valence-electron chi connectivity index (χ3n) is 2.09. The van der Waals surface area contributed by atoms with E-state index in [4.69, 9.17) is 0 Å². The molecular weight excluding hydrogens is 212 g/mol. The van der Waals surface area contributed by atoms with Crippen LogP contribution >= 0.6 is 0 Å². The van der Waals surface area contributed by atoms with Crippen molar-refractivity contribution in [2.45, 2.75) is 25.2 Å². The highest BCUT2D eigenvalue weighted by molar-refractivity contribution is 7.89. The van der Waals surface area contributed by atoms with Gasteiger partial charge in [0, 0.05) is 6.26 Å². The Morgan fingerprint density at radius 3 is 2.00 bits per heavy atom. The van der Waals surface area contributed by atoms with E-state index in [2.05, 4.69) is 0 Å². The summed E-state index contributed by atoms with van der Waals surface area (Å²) in [5, 5.41) is 9.69. The van der Waals surface area contributed by atoms with Crippen molar-refractivity contribution in [3.8, 4) is 0 Å². The lowest BCUT2D eigenvalue weighted by molar-refractivity contribution is 0.0786. The first-order valence-electron chi connectivity index (χ1n) is 4.68. The number of sulfone groups is 1. The van der Waals surface area contributed by atoms with Crippen LogP contribution in [0.4, 0.5) is 0 Å². The van der Waals surface area contributed by atoms with Gasteiger partial charge >= 0.3 is 0 Å². The van der Waals surface area contributed by atoms with Crippen LogP contribution in [0.15, 0.2) is 24.3 Å². The minimum Gasteiger partial charge on any atom is -0.386 e. The third kappa shape index (κ3) is 4.01. The van der Waals surface area contributed by atoms with Crippen LogP contribution < -0.4 is 0 Å². The molecule has 0 saturated heterocycles. The summed E-state index contributed by atoms with van der Waals surface area (Å²) in [6, 6.07) is 6.96. The molecule has 0 saturated carbocycles. The van der Waals surface area contributed by atoms with Crippen molar-refractivity contribution in [3.63, 3.8) is 0 Å². The predicted molar refractivity (Wildman–Crippen MR) is 60.2 cm³/mol. The second kappa shape index (κ2) is 3.94. The summed E-state index contributed by atoms with van der Waals surface area (Å²) in [6.07, 6.45) is 1.21. The van der Waals surface area contributed by atoms with Gasteiger partial charge < -0.3 is 5.11 Å². The van der Waals surface area contributed by atoms with Crippen LogP contribution in [0.2, 0.25) is 0 Å². The fourth-order valence-electron chi connectivity index (χ4n) is 1.31. The summed E-state index contributed by atoms with van der Waals surface area (Å²) in [5.41, 5.74) is 0.633. The van der Waals surface area contributed by atoms with Crippen LogP contribution in [0.3, 0.4) is 0 Å². The average Bonchev–Trinajstić information content (AvgIpc) is 2.00. The van der Waals surface area contributed by atoms with Crippen LogP contribution in [-0.2, 0) is 21.2 Å². The maximum absolute atomic E-state index is 11.0. The van der Waals surface area contributed by atoms with Gasteiger partial charge in [0.1, 0.15) is 0 Å². The monoisotopic (exact) mass is 228 g/mol. The van der Waals surface area contributed by atoms with Gasteiger partial charge in [0.05, 0.1) is 11.4 Å². The summed E-state index contributed by atoms with van der Waals surface area (Å²) in [6.45, 7) is 3.39. The molecule has 4 heteroatoms. The topological polar surface area (TPSA) is 54.4 Å². The largest absolute Gasteiger partial charge is 0.386 e. The highest BCUT2D eigenvalue weighted by atomic mass is 32.2. The lowest BCUT2D eigenvalue weighted by atomic mass is 9.98. The van der Waals surface area contributed by atoms with Crippen molar-refractivity contribution in [2.75, 3.05) is 6.26 Å². The Morgan fingerprint density at radius 1 is 1.20 bits per heavy atom. The van der Waals surface area contributed by atoms with E-state index in [1.807, 2.05) is 0 Å². The summed E-state index contributed by atoms with van der Waals surface area (Å²) in [7, 11) is -2.99. The molecule has 0 aliphatic heterocycles. The van der Waals surface area contributed by atoms with Gasteiger partial charge in [-0.1, -0.05) is 24.3 Å². The molecule has 0 atom stereocenters. The van der Waals surface area contributed by atoms with Crippen molar-refractivity contribution in [1.82, 2.24) is 0 Å². The lowest BCUT2D eigenvalue weighted by Gasteiger charge is -2.17. The summed E-state index contributed by atoms with van der Waals surface area (Å²) in [5.74, 6) is 0.0408. The Balaban J connectivity index is 2.91. The average molecular weight is 228 g/mol. The van der Waals surface area contributed by atoms with Crippen LogP contribution in [0.1, 0.15) is 25.0 Å². The predicted octanol–water partition coefficient (Wildman–Crippen LogP) is 1.46. The molecule has 0 bridgehead atoms. The molecule has 0 aliphatic rings. The number of hydrogen-bond donors (Lipinski definition) is 1. The molecule has 15 heavy (non-hydrogen) atoms. The molecule has 0 heterocycles. The van der Waals surface area contributed by atoms with Crippen LogP contribution in [0, 0.1) is 0 Å². The van der Waals surface area contributed by atoms with E-state index in [9.17, 15) is 13.5 Å². The van der Waals surface area contributed by atoms with Crippen LogP contribution in [0.5, 0.6) is 0 Å². The molecule has 1 aromatic rings. The Bertz CT molecular complexity index is 424. The zero-order valence-electron chi connectivity index (χ0n) is 9.19. The molecule has 1 rings (SSSR count). The number of aliphatic hydroxyl groups is 1. The number of hydrogen-bond acceptors (Lipinski definition) is 3. The normalized spacial score (nSPS) is 12.8. The summed E-state index contributed by atoms with van der Waals surface area (Å²) in [4.78, 5) is 0. The molecule has 0 spiro atoms. The number of benzene rings is 1. The van der Waals surface area contributed by atoms with Gasteiger partial charge in [0.15, 0.2) is 9.84 Å². The van der Waals surface area contributed by atoms with Gasteiger partial charge in [-0.3, -0.25) is 0 Å². The van der Waals surface area contributed by atoms with E-state index in [0.717, 1.165) is 11.1 Å². The number of rotatable bonds is 3. The van der Waals surface area contributed by atoms with E-state index >= 15 is 0 Å². The molecule has 0 aliphatic carbocycles. The summed E-state index contributed by atoms with van der Waals surface area (Å²) < 4.78 is 22.1. The molecule has 1 N–H and O–H groups in total. The molecule has 0 fully saturated rings. The minimum atomic E-state index is -2.99. The molecule has 1 aromatic carbocycles. The van der Waals surface area contributed by atoms with E-state index < -0.39 is 15.4 Å². The first-order valence-corrected chi connectivity index (χ1v) is 6.74. The molecule has 84 valence electrons. The van der Waals surface area contributed by atoms with E-state index in [1.54, 1.807) is 38.1 Å². The van der Waals surface area contributed by atoms with E-state index in [1.165, 1.54) is 6.26 Å². The Morgan fingerprint density at radius 2 is 1.67 bits per heavy atom. The Hall–Kier alpha value is -0.870. The molecule has 0 radical (unpaired) electrons. The first kappa shape index (κ1) is 12.2. The van der Waals surface area contributed by atoms with Gasteiger partial charge in [-0.2, -0.15) is 0 Å². The van der Waals surface area contributed by atoms with Gasteiger partial charge in [-0.25, -0.2) is 8.42 Å². The molecular formula is C11H16O3S. The van der Waals surface area contributed by atoms with Crippen molar-refractivity contribution in [1.29, 1.82) is 0 Å². The molecule has 0 unspecified atom stereocenters. The van der Waals surface area contributed by atoms with Crippen LogP contribution in [-0.4, -0.2) is 19.8 Å². The molecule has 0 aromatic heterocycles.